The Hall–Kier alpha value is -0.0800. The third-order valence-electron chi connectivity index (χ3n) is 3.95. The summed E-state index contributed by atoms with van der Waals surface area (Å²) in [6.07, 6.45) is 5.56. The lowest BCUT2D eigenvalue weighted by atomic mass is 9.96. The summed E-state index contributed by atoms with van der Waals surface area (Å²) in [5, 5.41) is 3.61. The second kappa shape index (κ2) is 8.92. The highest BCUT2D eigenvalue weighted by atomic mass is 15.1. The molecule has 0 aromatic heterocycles. The van der Waals surface area contributed by atoms with E-state index in [1.54, 1.807) is 0 Å². The Morgan fingerprint density at radius 2 is 1.72 bits per heavy atom. The number of likely N-dealkylation sites (tertiary alicyclic amines) is 1. The van der Waals surface area contributed by atoms with E-state index >= 15 is 0 Å². The molecule has 1 aliphatic heterocycles. The lowest BCUT2D eigenvalue weighted by molar-refractivity contribution is 0.177. The molecule has 0 spiro atoms. The van der Waals surface area contributed by atoms with Gasteiger partial charge in [-0.1, -0.05) is 27.7 Å². The van der Waals surface area contributed by atoms with Gasteiger partial charge in [0.15, 0.2) is 0 Å². The summed E-state index contributed by atoms with van der Waals surface area (Å²) in [5.41, 5.74) is 0. The summed E-state index contributed by atoms with van der Waals surface area (Å²) < 4.78 is 0. The lowest BCUT2D eigenvalue weighted by Crippen LogP contribution is -2.38. The quantitative estimate of drug-likeness (QED) is 0.714. The van der Waals surface area contributed by atoms with Crippen LogP contribution in [0.5, 0.6) is 0 Å². The summed E-state index contributed by atoms with van der Waals surface area (Å²) in [6, 6.07) is 0. The molecule has 108 valence electrons. The predicted octanol–water partition coefficient (Wildman–Crippen LogP) is 3.38. The van der Waals surface area contributed by atoms with Gasteiger partial charge in [0.2, 0.25) is 0 Å². The Balaban J connectivity index is 2.02. The van der Waals surface area contributed by atoms with Crippen LogP contribution in [0.25, 0.3) is 0 Å². The number of hydrogen-bond donors (Lipinski definition) is 1. The molecule has 0 aliphatic carbocycles. The van der Waals surface area contributed by atoms with Crippen molar-refractivity contribution in [2.75, 3.05) is 32.7 Å². The third-order valence-corrected chi connectivity index (χ3v) is 3.95. The highest BCUT2D eigenvalue weighted by Gasteiger charge is 2.18. The van der Waals surface area contributed by atoms with E-state index in [9.17, 15) is 0 Å². The minimum Gasteiger partial charge on any atom is -0.316 e. The molecule has 1 saturated heterocycles. The summed E-state index contributed by atoms with van der Waals surface area (Å²) in [6.45, 7) is 15.6. The summed E-state index contributed by atoms with van der Waals surface area (Å²) in [5.74, 6) is 2.56. The van der Waals surface area contributed by atoms with Crippen molar-refractivity contribution in [1.29, 1.82) is 0 Å². The molecule has 0 aromatic carbocycles. The predicted molar refractivity (Wildman–Crippen MR) is 80.9 cm³/mol. The zero-order valence-electron chi connectivity index (χ0n) is 13.0. The first-order valence-corrected chi connectivity index (χ1v) is 8.01. The van der Waals surface area contributed by atoms with Crippen LogP contribution in [0.2, 0.25) is 0 Å². The van der Waals surface area contributed by atoms with Gasteiger partial charge in [-0.3, -0.25) is 0 Å². The molecule has 1 heterocycles. The van der Waals surface area contributed by atoms with Crippen molar-refractivity contribution >= 4 is 0 Å². The molecular weight excluding hydrogens is 220 g/mol. The topological polar surface area (TPSA) is 15.3 Å². The molecule has 0 amide bonds. The molecule has 0 unspecified atom stereocenters. The van der Waals surface area contributed by atoms with Crippen LogP contribution in [0.4, 0.5) is 0 Å². The zero-order chi connectivity index (χ0) is 13.4. The normalized spacial score (nSPS) is 19.0. The molecule has 0 aromatic rings. The highest BCUT2D eigenvalue weighted by molar-refractivity contribution is 4.74. The van der Waals surface area contributed by atoms with Crippen molar-refractivity contribution in [2.45, 2.75) is 53.4 Å². The Labute approximate surface area is 115 Å². The minimum absolute atomic E-state index is 0.779. The first-order valence-electron chi connectivity index (χ1n) is 8.01. The van der Waals surface area contributed by atoms with E-state index in [0.29, 0.717) is 0 Å². The van der Waals surface area contributed by atoms with Crippen molar-refractivity contribution in [1.82, 2.24) is 10.2 Å². The van der Waals surface area contributed by atoms with Crippen molar-refractivity contribution in [3.8, 4) is 0 Å². The fourth-order valence-electron chi connectivity index (χ4n) is 2.71. The average molecular weight is 254 g/mol. The Morgan fingerprint density at radius 1 is 1.06 bits per heavy atom. The lowest BCUT2D eigenvalue weighted by Gasteiger charge is -2.32. The molecule has 0 bridgehead atoms. The molecule has 0 atom stereocenters. The number of hydrogen-bond acceptors (Lipinski definition) is 2. The second-order valence-corrected chi connectivity index (χ2v) is 6.87. The van der Waals surface area contributed by atoms with Crippen LogP contribution < -0.4 is 5.32 Å². The number of rotatable bonds is 8. The molecule has 0 radical (unpaired) electrons. The maximum atomic E-state index is 3.61. The van der Waals surface area contributed by atoms with Crippen LogP contribution in [-0.4, -0.2) is 37.6 Å². The van der Waals surface area contributed by atoms with Crippen molar-refractivity contribution < 1.29 is 0 Å². The molecule has 2 heteroatoms. The molecule has 1 rings (SSSR count). The van der Waals surface area contributed by atoms with E-state index in [2.05, 4.69) is 37.9 Å². The van der Waals surface area contributed by atoms with Crippen LogP contribution in [-0.2, 0) is 0 Å². The smallest absolute Gasteiger partial charge is 0.00156 e. The van der Waals surface area contributed by atoms with Gasteiger partial charge in [0, 0.05) is 0 Å². The average Bonchev–Trinajstić information content (AvgIpc) is 2.30. The maximum absolute atomic E-state index is 3.61. The van der Waals surface area contributed by atoms with Gasteiger partial charge in [-0.25, -0.2) is 0 Å². The summed E-state index contributed by atoms with van der Waals surface area (Å²) in [7, 11) is 0. The monoisotopic (exact) mass is 254 g/mol. The van der Waals surface area contributed by atoms with Crippen molar-refractivity contribution in [3.63, 3.8) is 0 Å². The van der Waals surface area contributed by atoms with Gasteiger partial charge in [0.05, 0.1) is 0 Å². The third kappa shape index (κ3) is 7.38. The van der Waals surface area contributed by atoms with E-state index in [1.807, 2.05) is 0 Å². The van der Waals surface area contributed by atoms with Gasteiger partial charge >= 0.3 is 0 Å². The van der Waals surface area contributed by atoms with Gasteiger partial charge in [-0.15, -0.1) is 0 Å². The Bertz CT molecular complexity index is 171. The first kappa shape index (κ1) is 16.0. The molecule has 18 heavy (non-hydrogen) atoms. The first-order chi connectivity index (χ1) is 8.58. The Morgan fingerprint density at radius 3 is 2.28 bits per heavy atom. The number of piperidine rings is 1. The van der Waals surface area contributed by atoms with Crippen molar-refractivity contribution in [3.05, 3.63) is 0 Å². The Kier molecular flexibility index (Phi) is 7.92. The number of nitrogens with zero attached hydrogens (tertiary/aromatic N) is 1. The van der Waals surface area contributed by atoms with E-state index in [1.165, 1.54) is 58.4 Å². The minimum atomic E-state index is 0.779. The number of nitrogens with one attached hydrogen (secondary N) is 1. The van der Waals surface area contributed by atoms with Crippen molar-refractivity contribution in [2.24, 2.45) is 17.8 Å². The molecular formula is C16H34N2. The van der Waals surface area contributed by atoms with E-state index < -0.39 is 0 Å². The molecule has 0 saturated carbocycles. The van der Waals surface area contributed by atoms with Gasteiger partial charge in [-0.05, 0) is 76.2 Å². The molecule has 1 fully saturated rings. The molecule has 1 aliphatic rings. The molecule has 2 nitrogen and oxygen atoms in total. The fourth-order valence-corrected chi connectivity index (χ4v) is 2.71. The standard InChI is InChI=1S/C16H34N2/c1-14(2)6-5-9-18-10-7-16(8-11-18)13-17-12-15(3)4/h14-17H,5-13H2,1-4H3. The molecule has 1 N–H and O–H groups in total. The zero-order valence-corrected chi connectivity index (χ0v) is 13.0. The van der Waals surface area contributed by atoms with Gasteiger partial charge in [0.1, 0.15) is 0 Å². The summed E-state index contributed by atoms with van der Waals surface area (Å²) >= 11 is 0. The van der Waals surface area contributed by atoms with E-state index in [4.69, 9.17) is 0 Å². The van der Waals surface area contributed by atoms with Gasteiger partial charge in [0.25, 0.3) is 0 Å². The summed E-state index contributed by atoms with van der Waals surface area (Å²) in [4.78, 5) is 2.67. The fraction of sp³-hybridized carbons (Fsp3) is 1.00. The van der Waals surface area contributed by atoms with E-state index in [-0.39, 0.29) is 0 Å². The van der Waals surface area contributed by atoms with Crippen LogP contribution >= 0.6 is 0 Å². The SMILES string of the molecule is CC(C)CCCN1CCC(CNCC(C)C)CC1. The van der Waals surface area contributed by atoms with Gasteiger partial charge in [-0.2, -0.15) is 0 Å². The van der Waals surface area contributed by atoms with Crippen LogP contribution in [0.1, 0.15) is 53.4 Å². The largest absolute Gasteiger partial charge is 0.316 e. The van der Waals surface area contributed by atoms with Crippen LogP contribution in [0.3, 0.4) is 0 Å². The second-order valence-electron chi connectivity index (χ2n) is 6.87. The van der Waals surface area contributed by atoms with E-state index in [0.717, 1.165) is 17.8 Å². The maximum Gasteiger partial charge on any atom is -0.00156 e. The highest BCUT2D eigenvalue weighted by Crippen LogP contribution is 2.17. The van der Waals surface area contributed by atoms with Crippen LogP contribution in [0.15, 0.2) is 0 Å². The van der Waals surface area contributed by atoms with Gasteiger partial charge < -0.3 is 10.2 Å². The van der Waals surface area contributed by atoms with Crippen LogP contribution in [0, 0.1) is 17.8 Å².